The van der Waals surface area contributed by atoms with Crippen LogP contribution in [0.2, 0.25) is 0 Å². The number of anilines is 1. The summed E-state index contributed by atoms with van der Waals surface area (Å²) in [6.07, 6.45) is 2.57. The van der Waals surface area contributed by atoms with Crippen molar-refractivity contribution in [3.63, 3.8) is 0 Å². The van der Waals surface area contributed by atoms with E-state index in [0.29, 0.717) is 48.9 Å². The number of hydrogen-bond acceptors (Lipinski definition) is 6. The Morgan fingerprint density at radius 2 is 1.83 bits per heavy atom. The molecule has 0 unspecified atom stereocenters. The standard InChI is InChI=1S/C22H27N3O5/c1-3-29-20-10-5-15(13-21(20)30-4-2)11-12-23-18-9-6-16(14-19(18)25(27)28)22(26)24-17-7-8-17/h5-6,9-10,13-14,17,23H,3-4,7-8,11-12H2,1-2H3,(H,24,26). The molecule has 3 rings (SSSR count). The number of amides is 1. The van der Waals surface area contributed by atoms with E-state index in [1.165, 1.54) is 6.07 Å². The van der Waals surface area contributed by atoms with Crippen LogP contribution in [0.15, 0.2) is 36.4 Å². The summed E-state index contributed by atoms with van der Waals surface area (Å²) in [4.78, 5) is 23.2. The maximum atomic E-state index is 12.2. The van der Waals surface area contributed by atoms with E-state index >= 15 is 0 Å². The third-order valence-electron chi connectivity index (χ3n) is 4.71. The van der Waals surface area contributed by atoms with E-state index in [2.05, 4.69) is 10.6 Å². The molecule has 1 aliphatic rings. The number of nitro groups is 1. The smallest absolute Gasteiger partial charge is 0.293 e. The largest absolute Gasteiger partial charge is 0.490 e. The van der Waals surface area contributed by atoms with Crippen molar-refractivity contribution in [3.05, 3.63) is 57.6 Å². The first-order valence-corrected chi connectivity index (χ1v) is 10.2. The summed E-state index contributed by atoms with van der Waals surface area (Å²) in [6.45, 7) is 5.42. The monoisotopic (exact) mass is 413 g/mol. The van der Waals surface area contributed by atoms with Gasteiger partial charge in [0.05, 0.1) is 18.1 Å². The van der Waals surface area contributed by atoms with Gasteiger partial charge in [-0.3, -0.25) is 14.9 Å². The third kappa shape index (κ3) is 5.62. The van der Waals surface area contributed by atoms with Crippen molar-refractivity contribution in [1.29, 1.82) is 0 Å². The molecule has 30 heavy (non-hydrogen) atoms. The zero-order valence-electron chi connectivity index (χ0n) is 17.3. The quantitative estimate of drug-likeness (QED) is 0.427. The van der Waals surface area contributed by atoms with Gasteiger partial charge in [0.2, 0.25) is 0 Å². The molecule has 0 aliphatic heterocycles. The highest BCUT2D eigenvalue weighted by atomic mass is 16.6. The molecule has 0 saturated heterocycles. The van der Waals surface area contributed by atoms with Gasteiger partial charge in [0, 0.05) is 24.2 Å². The van der Waals surface area contributed by atoms with Gasteiger partial charge in [-0.05, 0) is 62.9 Å². The molecular weight excluding hydrogens is 386 g/mol. The van der Waals surface area contributed by atoms with Crippen molar-refractivity contribution in [2.24, 2.45) is 0 Å². The van der Waals surface area contributed by atoms with Gasteiger partial charge < -0.3 is 20.1 Å². The summed E-state index contributed by atoms with van der Waals surface area (Å²) in [6, 6.07) is 10.5. The number of hydrogen-bond donors (Lipinski definition) is 2. The summed E-state index contributed by atoms with van der Waals surface area (Å²) >= 11 is 0. The number of nitro benzene ring substituents is 1. The summed E-state index contributed by atoms with van der Waals surface area (Å²) in [5.74, 6) is 1.12. The number of carbonyl (C=O) groups is 1. The molecule has 0 atom stereocenters. The fraction of sp³-hybridized carbons (Fsp3) is 0.409. The molecule has 2 aromatic rings. The number of rotatable bonds is 11. The molecule has 0 aromatic heterocycles. The Morgan fingerprint density at radius 1 is 1.10 bits per heavy atom. The highest BCUT2D eigenvalue weighted by Gasteiger charge is 2.25. The van der Waals surface area contributed by atoms with Gasteiger partial charge in [-0.25, -0.2) is 0 Å². The molecule has 1 saturated carbocycles. The van der Waals surface area contributed by atoms with Crippen LogP contribution >= 0.6 is 0 Å². The van der Waals surface area contributed by atoms with Gasteiger partial charge in [0.15, 0.2) is 11.5 Å². The van der Waals surface area contributed by atoms with Crippen LogP contribution < -0.4 is 20.1 Å². The molecule has 0 bridgehead atoms. The highest BCUT2D eigenvalue weighted by Crippen LogP contribution is 2.29. The normalized spacial score (nSPS) is 12.9. The minimum absolute atomic E-state index is 0.111. The third-order valence-corrected chi connectivity index (χ3v) is 4.71. The lowest BCUT2D eigenvalue weighted by Crippen LogP contribution is -2.25. The SMILES string of the molecule is CCOc1ccc(CCNc2ccc(C(=O)NC3CC3)cc2[N+](=O)[O-])cc1OCC. The zero-order valence-corrected chi connectivity index (χ0v) is 17.3. The lowest BCUT2D eigenvalue weighted by atomic mass is 10.1. The molecule has 2 N–H and O–H groups in total. The van der Waals surface area contributed by atoms with E-state index in [1.54, 1.807) is 12.1 Å². The Bertz CT molecular complexity index is 912. The molecule has 0 heterocycles. The van der Waals surface area contributed by atoms with Crippen molar-refractivity contribution in [2.75, 3.05) is 25.1 Å². The average molecular weight is 413 g/mol. The maximum absolute atomic E-state index is 12.2. The van der Waals surface area contributed by atoms with Crippen LogP contribution in [-0.4, -0.2) is 36.6 Å². The van der Waals surface area contributed by atoms with Crippen LogP contribution in [0.3, 0.4) is 0 Å². The lowest BCUT2D eigenvalue weighted by molar-refractivity contribution is -0.384. The van der Waals surface area contributed by atoms with Gasteiger partial charge in [-0.15, -0.1) is 0 Å². The van der Waals surface area contributed by atoms with Gasteiger partial charge >= 0.3 is 0 Å². The zero-order chi connectivity index (χ0) is 21.5. The molecule has 2 aromatic carbocycles. The first kappa shape index (κ1) is 21.4. The summed E-state index contributed by atoms with van der Waals surface area (Å²) in [5, 5.41) is 17.4. The minimum Gasteiger partial charge on any atom is -0.490 e. The second-order valence-electron chi connectivity index (χ2n) is 7.06. The topological polar surface area (TPSA) is 103 Å². The molecule has 1 amide bonds. The fourth-order valence-corrected chi connectivity index (χ4v) is 3.06. The second-order valence-corrected chi connectivity index (χ2v) is 7.06. The van der Waals surface area contributed by atoms with Crippen LogP contribution in [0, 0.1) is 10.1 Å². The Labute approximate surface area is 175 Å². The van der Waals surface area contributed by atoms with E-state index in [1.807, 2.05) is 32.0 Å². The predicted octanol–water partition coefficient (Wildman–Crippen LogP) is 3.94. The van der Waals surface area contributed by atoms with E-state index < -0.39 is 4.92 Å². The number of ether oxygens (including phenoxy) is 2. The first-order valence-electron chi connectivity index (χ1n) is 10.2. The summed E-state index contributed by atoms with van der Waals surface area (Å²) < 4.78 is 11.2. The fourth-order valence-electron chi connectivity index (χ4n) is 3.06. The number of carbonyl (C=O) groups excluding carboxylic acids is 1. The molecular formula is C22H27N3O5. The summed E-state index contributed by atoms with van der Waals surface area (Å²) in [7, 11) is 0. The van der Waals surface area contributed by atoms with Crippen LogP contribution in [0.4, 0.5) is 11.4 Å². The molecule has 0 spiro atoms. The van der Waals surface area contributed by atoms with Crippen molar-refractivity contribution >= 4 is 17.3 Å². The minimum atomic E-state index is -0.472. The predicted molar refractivity (Wildman–Crippen MR) is 115 cm³/mol. The average Bonchev–Trinajstić information content (AvgIpc) is 3.54. The number of benzene rings is 2. The van der Waals surface area contributed by atoms with E-state index in [0.717, 1.165) is 18.4 Å². The van der Waals surface area contributed by atoms with Gasteiger partial charge in [-0.1, -0.05) is 6.07 Å². The molecule has 0 radical (unpaired) electrons. The molecule has 8 nitrogen and oxygen atoms in total. The van der Waals surface area contributed by atoms with Crippen LogP contribution in [-0.2, 0) is 6.42 Å². The Morgan fingerprint density at radius 3 is 2.50 bits per heavy atom. The molecule has 1 fully saturated rings. The Balaban J connectivity index is 1.65. The van der Waals surface area contributed by atoms with Crippen molar-refractivity contribution in [1.82, 2.24) is 5.32 Å². The molecule has 1 aliphatic carbocycles. The van der Waals surface area contributed by atoms with Crippen LogP contribution in [0.25, 0.3) is 0 Å². The van der Waals surface area contributed by atoms with E-state index in [4.69, 9.17) is 9.47 Å². The molecule has 8 heteroatoms. The van der Waals surface area contributed by atoms with Gasteiger partial charge in [-0.2, -0.15) is 0 Å². The number of nitrogens with one attached hydrogen (secondary N) is 2. The van der Waals surface area contributed by atoms with Crippen LogP contribution in [0.1, 0.15) is 42.6 Å². The Hall–Kier alpha value is -3.29. The second kappa shape index (κ2) is 9.96. The number of nitrogens with zero attached hydrogens (tertiary/aromatic N) is 1. The Kier molecular flexibility index (Phi) is 7.11. The first-order chi connectivity index (χ1) is 14.5. The summed E-state index contributed by atoms with van der Waals surface area (Å²) in [5.41, 5.74) is 1.60. The highest BCUT2D eigenvalue weighted by molar-refractivity contribution is 5.96. The lowest BCUT2D eigenvalue weighted by Gasteiger charge is -2.13. The van der Waals surface area contributed by atoms with Gasteiger partial charge in [0.25, 0.3) is 11.6 Å². The van der Waals surface area contributed by atoms with Crippen LogP contribution in [0.5, 0.6) is 11.5 Å². The molecule has 160 valence electrons. The van der Waals surface area contributed by atoms with Gasteiger partial charge in [0.1, 0.15) is 5.69 Å². The van der Waals surface area contributed by atoms with Crippen molar-refractivity contribution in [3.8, 4) is 11.5 Å². The van der Waals surface area contributed by atoms with Crippen molar-refractivity contribution < 1.29 is 19.2 Å². The van der Waals surface area contributed by atoms with E-state index in [-0.39, 0.29) is 17.6 Å². The van der Waals surface area contributed by atoms with Crippen molar-refractivity contribution in [2.45, 2.75) is 39.2 Å². The maximum Gasteiger partial charge on any atom is 0.293 e. The van der Waals surface area contributed by atoms with E-state index in [9.17, 15) is 14.9 Å².